The Kier molecular flexibility index (Phi) is 6.23. The zero-order chi connectivity index (χ0) is 21.4. The van der Waals surface area contributed by atoms with Crippen molar-refractivity contribution in [2.45, 2.75) is 26.3 Å². The normalized spacial score (nSPS) is 15.0. The summed E-state index contributed by atoms with van der Waals surface area (Å²) in [6.45, 7) is 0.918. The zero-order valence-corrected chi connectivity index (χ0v) is 17.9. The van der Waals surface area contributed by atoms with Gasteiger partial charge in [0.05, 0.1) is 10.7 Å². The summed E-state index contributed by atoms with van der Waals surface area (Å²) in [6.07, 6.45) is 6.83. The molecule has 2 aromatic heterocycles. The number of nitrogens with one attached hydrogen (secondary N) is 2. The molecule has 0 saturated heterocycles. The molecule has 2 N–H and O–H groups in total. The summed E-state index contributed by atoms with van der Waals surface area (Å²) in [6, 6.07) is 8.83. The Morgan fingerprint density at radius 1 is 1.00 bits per heavy atom. The van der Waals surface area contributed by atoms with Crippen molar-refractivity contribution in [1.82, 2.24) is 14.7 Å². The summed E-state index contributed by atoms with van der Waals surface area (Å²) < 4.78 is 40.7. The van der Waals surface area contributed by atoms with Crippen molar-refractivity contribution in [3.63, 3.8) is 0 Å². The molecule has 1 saturated carbocycles. The molecule has 0 atom stereocenters. The summed E-state index contributed by atoms with van der Waals surface area (Å²) in [5.41, 5.74) is 3.56. The van der Waals surface area contributed by atoms with E-state index in [1.54, 1.807) is 36.8 Å². The quantitative estimate of drug-likeness (QED) is 0.552. The number of rotatable bonds is 6. The molecule has 0 bridgehead atoms. The van der Waals surface area contributed by atoms with Crippen LogP contribution in [0.25, 0.3) is 22.3 Å². The fraction of sp³-hybridized carbons (Fsp3) is 0.273. The van der Waals surface area contributed by atoms with E-state index in [-0.39, 0.29) is 13.5 Å². The van der Waals surface area contributed by atoms with Gasteiger partial charge in [-0.3, -0.25) is 9.71 Å². The Hall–Kier alpha value is -2.88. The highest BCUT2D eigenvalue weighted by Crippen LogP contribution is 2.39. The van der Waals surface area contributed by atoms with Gasteiger partial charge in [0.1, 0.15) is 13.2 Å². The third-order valence-corrected chi connectivity index (χ3v) is 6.38. The number of nitrogens with zero attached hydrogens (tertiary/aromatic N) is 2. The molecule has 0 unspecified atom stereocenters. The van der Waals surface area contributed by atoms with Crippen molar-refractivity contribution in [3.8, 4) is 33.9 Å². The molecule has 32 heavy (non-hydrogen) atoms. The van der Waals surface area contributed by atoms with Crippen molar-refractivity contribution in [2.75, 3.05) is 17.9 Å². The van der Waals surface area contributed by atoms with Crippen LogP contribution < -0.4 is 18.9 Å². The average molecular weight is 475 g/mol. The smallest absolute Gasteiger partial charge is 0.299 e. The van der Waals surface area contributed by atoms with Crippen molar-refractivity contribution < 1.29 is 17.9 Å². The molecule has 1 aliphatic heterocycles. The van der Waals surface area contributed by atoms with Crippen LogP contribution in [0.4, 0.5) is 5.69 Å². The van der Waals surface area contributed by atoms with E-state index in [1.807, 2.05) is 12.1 Å². The van der Waals surface area contributed by atoms with E-state index in [2.05, 4.69) is 19.4 Å². The second-order valence-corrected chi connectivity index (χ2v) is 9.20. The van der Waals surface area contributed by atoms with E-state index in [9.17, 15) is 8.42 Å². The highest BCUT2D eigenvalue weighted by atomic mass is 35.5. The lowest BCUT2D eigenvalue weighted by Crippen LogP contribution is -2.31. The second-order valence-electron chi connectivity index (χ2n) is 7.34. The molecule has 1 fully saturated rings. The molecule has 0 amide bonds. The molecule has 8 nitrogen and oxygen atoms in total. The molecule has 0 spiro atoms. The Labute approximate surface area is 192 Å². The summed E-state index contributed by atoms with van der Waals surface area (Å²) >= 11 is 6.49. The first-order valence-corrected chi connectivity index (χ1v) is 11.6. The maximum Gasteiger partial charge on any atom is 0.299 e. The first-order valence-electron chi connectivity index (χ1n) is 9.78. The van der Waals surface area contributed by atoms with Gasteiger partial charge in [-0.15, -0.1) is 0 Å². The third kappa shape index (κ3) is 4.79. The Balaban J connectivity index is 0.00000245. The summed E-state index contributed by atoms with van der Waals surface area (Å²) in [4.78, 5) is 8.56. The van der Waals surface area contributed by atoms with E-state index in [1.165, 1.54) is 0 Å². The van der Waals surface area contributed by atoms with Crippen molar-refractivity contribution in [1.29, 1.82) is 0 Å². The van der Waals surface area contributed by atoms with Crippen LogP contribution >= 0.6 is 11.6 Å². The van der Waals surface area contributed by atoms with Crippen molar-refractivity contribution in [3.05, 3.63) is 53.9 Å². The number of aromatic nitrogens is 2. The molecular formula is C22H23ClN4O4S. The number of halogens is 1. The maximum atomic E-state index is 12.1. The molecule has 3 aromatic rings. The van der Waals surface area contributed by atoms with Gasteiger partial charge >= 0.3 is 0 Å². The lowest BCUT2D eigenvalue weighted by Gasteiger charge is -2.20. The van der Waals surface area contributed by atoms with Gasteiger partial charge in [-0.2, -0.15) is 13.1 Å². The molecule has 0 radical (unpaired) electrons. The van der Waals surface area contributed by atoms with Gasteiger partial charge in [0.25, 0.3) is 16.1 Å². The van der Waals surface area contributed by atoms with E-state index in [4.69, 9.17) is 21.1 Å². The minimum absolute atomic E-state index is 0. The van der Waals surface area contributed by atoms with Crippen molar-refractivity contribution >= 4 is 27.5 Å². The number of ether oxygens (including phenoxy) is 2. The van der Waals surface area contributed by atoms with Crippen LogP contribution in [-0.2, 0) is 10.2 Å². The van der Waals surface area contributed by atoms with Crippen LogP contribution in [0.5, 0.6) is 11.6 Å². The van der Waals surface area contributed by atoms with Gasteiger partial charge in [-0.1, -0.05) is 25.1 Å². The Morgan fingerprint density at radius 3 is 2.50 bits per heavy atom. The van der Waals surface area contributed by atoms with Gasteiger partial charge < -0.3 is 9.47 Å². The number of benzene rings is 1. The number of hydrogen-bond acceptors (Lipinski definition) is 6. The van der Waals surface area contributed by atoms with Crippen molar-refractivity contribution in [2.24, 2.45) is 0 Å². The molecule has 3 heterocycles. The predicted molar refractivity (Wildman–Crippen MR) is 124 cm³/mol. The minimum Gasteiger partial charge on any atom is -0.484 e. The zero-order valence-electron chi connectivity index (χ0n) is 16.3. The molecule has 10 heteroatoms. The van der Waals surface area contributed by atoms with Gasteiger partial charge in [-0.25, -0.2) is 4.98 Å². The summed E-state index contributed by atoms with van der Waals surface area (Å²) in [7, 11) is -3.62. The van der Waals surface area contributed by atoms with Crippen LogP contribution in [0.3, 0.4) is 0 Å². The Morgan fingerprint density at radius 2 is 1.75 bits per heavy atom. The first-order chi connectivity index (χ1) is 15.0. The standard InChI is InChI=1S/C21H19ClN4O4S.CH4/c22-19-10-16(26-31(27,28)25-15-1-2-15)3-4-17(19)13-9-14(12-23-11-13)18-5-6-24-21-20(18)29-7-8-30-21;/h3-6,9-12,15,25-26H,1-2,7-8H2;1H4. The molecular weight excluding hydrogens is 452 g/mol. The molecule has 1 aromatic carbocycles. The minimum atomic E-state index is -3.62. The number of anilines is 1. The fourth-order valence-electron chi connectivity index (χ4n) is 3.33. The number of pyridine rings is 2. The number of fused-ring (bicyclic) bond motifs is 1. The predicted octanol–water partition coefficient (Wildman–Crippen LogP) is 4.28. The first kappa shape index (κ1) is 22.3. The maximum absolute atomic E-state index is 12.1. The van der Waals surface area contributed by atoms with E-state index >= 15 is 0 Å². The molecule has 1 aliphatic carbocycles. The Bertz CT molecular complexity index is 1250. The monoisotopic (exact) mass is 474 g/mol. The fourth-order valence-corrected chi connectivity index (χ4v) is 4.79. The van der Waals surface area contributed by atoms with Gasteiger partial charge in [-0.05, 0) is 37.1 Å². The van der Waals surface area contributed by atoms with Crippen LogP contribution in [0.15, 0.2) is 48.9 Å². The van der Waals surface area contributed by atoms with Crippen LogP contribution in [-0.4, -0.2) is 37.6 Å². The summed E-state index contributed by atoms with van der Waals surface area (Å²) in [5.74, 6) is 1.05. The van der Waals surface area contributed by atoms with Crippen LogP contribution in [0, 0.1) is 0 Å². The van der Waals surface area contributed by atoms with Gasteiger partial charge in [0.15, 0.2) is 5.75 Å². The van der Waals surface area contributed by atoms with Crippen LogP contribution in [0.2, 0.25) is 5.02 Å². The topological polar surface area (TPSA) is 102 Å². The lowest BCUT2D eigenvalue weighted by atomic mass is 10.0. The molecule has 5 rings (SSSR count). The second kappa shape index (κ2) is 8.93. The highest BCUT2D eigenvalue weighted by Gasteiger charge is 2.27. The van der Waals surface area contributed by atoms with Crippen LogP contribution in [0.1, 0.15) is 20.3 Å². The van der Waals surface area contributed by atoms with Gasteiger partial charge in [0, 0.05) is 46.9 Å². The largest absolute Gasteiger partial charge is 0.484 e. The molecule has 168 valence electrons. The van der Waals surface area contributed by atoms with E-state index in [0.29, 0.717) is 35.6 Å². The highest BCUT2D eigenvalue weighted by molar-refractivity contribution is 7.90. The summed E-state index contributed by atoms with van der Waals surface area (Å²) in [5, 5.41) is 0.405. The molecule has 2 aliphatic rings. The van der Waals surface area contributed by atoms with E-state index in [0.717, 1.165) is 35.1 Å². The SMILES string of the molecule is C.O=S(=O)(Nc1ccc(-c2cncc(-c3ccnc4c3OCCO4)c2)c(Cl)c1)NC1CC1. The van der Waals surface area contributed by atoms with E-state index < -0.39 is 10.2 Å². The average Bonchev–Trinajstić information content (AvgIpc) is 3.56. The lowest BCUT2D eigenvalue weighted by molar-refractivity contribution is 0.165. The number of hydrogen-bond donors (Lipinski definition) is 2. The third-order valence-electron chi connectivity index (χ3n) is 4.92. The van der Waals surface area contributed by atoms with Gasteiger partial charge in [0.2, 0.25) is 0 Å².